The molecule has 0 fully saturated rings. The van der Waals surface area contributed by atoms with Crippen LogP contribution in [0.1, 0.15) is 13.3 Å². The third kappa shape index (κ3) is 1.64. The van der Waals surface area contributed by atoms with E-state index in [9.17, 15) is 9.59 Å². The molecular weight excluding hydrogens is 271 g/mol. The molecule has 0 atom stereocenters. The Morgan fingerprint density at radius 1 is 1.36 bits per heavy atom. The van der Waals surface area contributed by atoms with Crippen molar-refractivity contribution in [1.29, 1.82) is 0 Å². The molecule has 0 spiro atoms. The Bertz CT molecular complexity index is 332. The number of allylic oxidation sites excluding steroid dienone is 3. The van der Waals surface area contributed by atoms with Crippen LogP contribution in [0, 0.1) is 0 Å². The Morgan fingerprint density at radius 2 is 1.93 bits per heavy atom. The number of halogens is 2. The van der Waals surface area contributed by atoms with Gasteiger partial charge in [0.2, 0.25) is 11.6 Å². The van der Waals surface area contributed by atoms with Gasteiger partial charge in [0.25, 0.3) is 0 Å². The summed E-state index contributed by atoms with van der Waals surface area (Å²) in [5, 5.41) is -0.141. The van der Waals surface area contributed by atoms with E-state index in [1.165, 1.54) is 7.11 Å². The first kappa shape index (κ1) is 11.5. The van der Waals surface area contributed by atoms with Crippen LogP contribution in [-0.2, 0) is 14.3 Å². The van der Waals surface area contributed by atoms with Crippen molar-refractivity contribution in [2.75, 3.05) is 7.11 Å². The molecule has 0 heterocycles. The van der Waals surface area contributed by atoms with E-state index in [2.05, 4.69) is 15.9 Å². The molecule has 0 aliphatic heterocycles. The number of hydrogen-bond donors (Lipinski definition) is 0. The summed E-state index contributed by atoms with van der Waals surface area (Å²) in [6.45, 7) is 1.78. The number of ether oxygens (including phenoxy) is 1. The van der Waals surface area contributed by atoms with Crippen LogP contribution in [0.25, 0.3) is 0 Å². The summed E-state index contributed by atoms with van der Waals surface area (Å²) < 4.78 is 5.00. The van der Waals surface area contributed by atoms with Crippen molar-refractivity contribution < 1.29 is 14.3 Å². The van der Waals surface area contributed by atoms with Gasteiger partial charge in [-0.15, -0.1) is 0 Å². The number of Topliss-reactive ketones (excluding diaryl/α,β-unsaturated/α-hetero) is 2. The Hall–Kier alpha value is -0.610. The van der Waals surface area contributed by atoms with Crippen molar-refractivity contribution in [1.82, 2.24) is 0 Å². The lowest BCUT2D eigenvalue weighted by molar-refractivity contribution is -0.117. The van der Waals surface area contributed by atoms with Crippen LogP contribution in [0.15, 0.2) is 20.8 Å². The summed E-state index contributed by atoms with van der Waals surface area (Å²) in [6.07, 6.45) is 0.457. The highest BCUT2D eigenvalue weighted by Crippen LogP contribution is 2.31. The molecule has 76 valence electrons. The summed E-state index contributed by atoms with van der Waals surface area (Å²) in [4.78, 5) is 23.1. The first-order valence-electron chi connectivity index (χ1n) is 3.96. The fraction of sp³-hybridized carbons (Fsp3) is 0.333. The van der Waals surface area contributed by atoms with Crippen LogP contribution < -0.4 is 0 Å². The zero-order valence-electron chi connectivity index (χ0n) is 7.69. The van der Waals surface area contributed by atoms with Crippen LogP contribution >= 0.6 is 27.5 Å². The van der Waals surface area contributed by atoms with Gasteiger partial charge in [-0.2, -0.15) is 0 Å². The summed E-state index contributed by atoms with van der Waals surface area (Å²) in [6, 6.07) is 0. The monoisotopic (exact) mass is 278 g/mol. The number of rotatable bonds is 2. The van der Waals surface area contributed by atoms with E-state index < -0.39 is 0 Å². The quantitative estimate of drug-likeness (QED) is 0.729. The molecule has 0 aromatic rings. The predicted molar refractivity (Wildman–Crippen MR) is 56.1 cm³/mol. The Labute approximate surface area is 94.9 Å². The fourth-order valence-corrected chi connectivity index (χ4v) is 2.09. The third-order valence-corrected chi connectivity index (χ3v) is 3.08. The van der Waals surface area contributed by atoms with Gasteiger partial charge in [-0.05, 0) is 22.4 Å². The zero-order valence-corrected chi connectivity index (χ0v) is 10.0. The molecule has 0 radical (unpaired) electrons. The largest absolute Gasteiger partial charge is 0.491 e. The molecular formula is C9H8BrClO3. The highest BCUT2D eigenvalue weighted by molar-refractivity contribution is 9.12. The number of methoxy groups -OCH3 is 1. The van der Waals surface area contributed by atoms with Gasteiger partial charge >= 0.3 is 0 Å². The smallest absolute Gasteiger partial charge is 0.236 e. The summed E-state index contributed by atoms with van der Waals surface area (Å²) in [7, 11) is 1.31. The molecule has 0 bridgehead atoms. The van der Waals surface area contributed by atoms with E-state index >= 15 is 0 Å². The van der Waals surface area contributed by atoms with E-state index in [1.54, 1.807) is 6.92 Å². The second-order valence-corrected chi connectivity index (χ2v) is 3.82. The lowest BCUT2D eigenvalue weighted by Gasteiger charge is -2.15. The maximum atomic E-state index is 11.6. The van der Waals surface area contributed by atoms with Crippen molar-refractivity contribution in [2.45, 2.75) is 13.3 Å². The zero-order chi connectivity index (χ0) is 10.9. The second kappa shape index (κ2) is 4.28. The highest BCUT2D eigenvalue weighted by Gasteiger charge is 2.32. The molecule has 14 heavy (non-hydrogen) atoms. The van der Waals surface area contributed by atoms with Gasteiger partial charge in [-0.3, -0.25) is 9.59 Å². The molecule has 1 aliphatic rings. The van der Waals surface area contributed by atoms with Crippen LogP contribution in [0.5, 0.6) is 0 Å². The van der Waals surface area contributed by atoms with Crippen molar-refractivity contribution in [2.24, 2.45) is 0 Å². The Morgan fingerprint density at radius 3 is 2.36 bits per heavy atom. The molecule has 1 rings (SSSR count). The SMILES string of the molecule is CCC1=C(Br)C(=O)C(OC)=C(Cl)C1=O. The van der Waals surface area contributed by atoms with Gasteiger partial charge in [-0.25, -0.2) is 0 Å². The van der Waals surface area contributed by atoms with E-state index in [0.717, 1.165) is 0 Å². The van der Waals surface area contributed by atoms with Gasteiger partial charge in [0.05, 0.1) is 11.6 Å². The van der Waals surface area contributed by atoms with E-state index in [4.69, 9.17) is 16.3 Å². The minimum absolute atomic E-state index is 0.0965. The van der Waals surface area contributed by atoms with Gasteiger partial charge in [0, 0.05) is 5.57 Å². The molecule has 0 saturated heterocycles. The minimum Gasteiger partial charge on any atom is -0.491 e. The van der Waals surface area contributed by atoms with Crippen LogP contribution in [0.2, 0.25) is 0 Å². The van der Waals surface area contributed by atoms with Crippen molar-refractivity contribution in [3.8, 4) is 0 Å². The first-order chi connectivity index (χ1) is 6.54. The van der Waals surface area contributed by atoms with E-state index in [0.29, 0.717) is 12.0 Å². The Balaban J connectivity index is 3.28. The van der Waals surface area contributed by atoms with Gasteiger partial charge in [0.1, 0.15) is 5.03 Å². The van der Waals surface area contributed by atoms with E-state index in [1.807, 2.05) is 0 Å². The third-order valence-electron chi connectivity index (χ3n) is 1.90. The highest BCUT2D eigenvalue weighted by atomic mass is 79.9. The molecule has 0 aromatic carbocycles. The predicted octanol–water partition coefficient (Wildman–Crippen LogP) is 2.29. The standard InChI is InChI=1S/C9H8BrClO3/c1-3-4-5(10)8(13)9(14-2)6(11)7(4)12/h3H2,1-2H3. The molecule has 0 N–H and O–H groups in total. The molecule has 0 unspecified atom stereocenters. The fourth-order valence-electron chi connectivity index (χ4n) is 1.17. The summed E-state index contributed by atoms with van der Waals surface area (Å²) >= 11 is 8.76. The normalized spacial score (nSPS) is 18.0. The number of ketones is 2. The average molecular weight is 280 g/mol. The van der Waals surface area contributed by atoms with Crippen LogP contribution in [0.3, 0.4) is 0 Å². The topological polar surface area (TPSA) is 43.4 Å². The van der Waals surface area contributed by atoms with Crippen LogP contribution in [-0.4, -0.2) is 18.7 Å². The molecule has 0 saturated carbocycles. The molecule has 3 nitrogen and oxygen atoms in total. The molecule has 5 heteroatoms. The molecule has 0 amide bonds. The maximum absolute atomic E-state index is 11.6. The average Bonchev–Trinajstić information content (AvgIpc) is 2.17. The van der Waals surface area contributed by atoms with E-state index in [-0.39, 0.29) is 26.8 Å². The second-order valence-electron chi connectivity index (χ2n) is 2.65. The molecule has 1 aliphatic carbocycles. The minimum atomic E-state index is -0.381. The molecule has 0 aromatic heterocycles. The number of hydrogen-bond acceptors (Lipinski definition) is 3. The van der Waals surface area contributed by atoms with Gasteiger partial charge in [0.15, 0.2) is 5.76 Å². The van der Waals surface area contributed by atoms with Crippen molar-refractivity contribution >= 4 is 39.1 Å². The summed E-state index contributed by atoms with van der Waals surface area (Å²) in [5.74, 6) is -0.827. The van der Waals surface area contributed by atoms with Gasteiger partial charge in [-0.1, -0.05) is 18.5 Å². The number of carbonyl (C=O) groups is 2. The van der Waals surface area contributed by atoms with Crippen molar-refractivity contribution in [3.63, 3.8) is 0 Å². The van der Waals surface area contributed by atoms with Gasteiger partial charge < -0.3 is 4.74 Å². The lowest BCUT2D eigenvalue weighted by Crippen LogP contribution is -2.20. The number of carbonyl (C=O) groups excluding carboxylic acids is 2. The van der Waals surface area contributed by atoms with Crippen LogP contribution in [0.4, 0.5) is 0 Å². The summed E-state index contributed by atoms with van der Waals surface area (Å²) in [5.41, 5.74) is 0.390. The van der Waals surface area contributed by atoms with Crippen molar-refractivity contribution in [3.05, 3.63) is 20.8 Å². The first-order valence-corrected chi connectivity index (χ1v) is 5.13. The Kier molecular flexibility index (Phi) is 3.50. The maximum Gasteiger partial charge on any atom is 0.236 e. The lowest BCUT2D eigenvalue weighted by atomic mass is 10.00.